The fraction of sp³-hybridized carbons (Fsp3) is 0.300. The SMILES string of the molecule is CC(C)(Sc1nc(CCNc2ncc(-c3ccc(C(F)(F)F)cc3F)cn2)cs1)C(=O)O. The van der Waals surface area contributed by atoms with Gasteiger partial charge in [-0.1, -0.05) is 17.8 Å². The molecule has 0 spiro atoms. The van der Waals surface area contributed by atoms with Gasteiger partial charge in [-0.05, 0) is 26.0 Å². The Bertz CT molecular complexity index is 1100. The number of thiazole rings is 1. The smallest absolute Gasteiger partial charge is 0.416 e. The fourth-order valence-corrected chi connectivity index (χ4v) is 4.72. The van der Waals surface area contributed by atoms with Crippen LogP contribution in [0.4, 0.5) is 23.5 Å². The average Bonchev–Trinajstić information content (AvgIpc) is 3.14. The normalized spacial score (nSPS) is 12.1. The van der Waals surface area contributed by atoms with Crippen molar-refractivity contribution in [2.75, 3.05) is 11.9 Å². The number of anilines is 1. The van der Waals surface area contributed by atoms with Gasteiger partial charge in [-0.2, -0.15) is 13.2 Å². The van der Waals surface area contributed by atoms with Gasteiger partial charge in [0.05, 0.1) is 11.3 Å². The van der Waals surface area contributed by atoms with Crippen LogP contribution in [0.25, 0.3) is 11.1 Å². The van der Waals surface area contributed by atoms with Gasteiger partial charge in [0.25, 0.3) is 0 Å². The molecule has 0 saturated carbocycles. The van der Waals surface area contributed by atoms with E-state index in [0.717, 1.165) is 17.8 Å². The molecule has 6 nitrogen and oxygen atoms in total. The third-order valence-corrected chi connectivity index (χ3v) is 6.48. The summed E-state index contributed by atoms with van der Waals surface area (Å²) in [6, 6.07) is 2.30. The Morgan fingerprint density at radius 3 is 2.50 bits per heavy atom. The number of benzene rings is 1. The first-order valence-corrected chi connectivity index (χ1v) is 10.9. The lowest BCUT2D eigenvalue weighted by Crippen LogP contribution is -2.26. The zero-order chi connectivity index (χ0) is 23.5. The molecule has 0 aliphatic heterocycles. The van der Waals surface area contributed by atoms with Crippen LogP contribution in [0.3, 0.4) is 0 Å². The van der Waals surface area contributed by atoms with E-state index in [9.17, 15) is 27.5 Å². The Kier molecular flexibility index (Phi) is 7.03. The van der Waals surface area contributed by atoms with Crippen LogP contribution < -0.4 is 5.32 Å². The molecule has 3 rings (SSSR count). The maximum atomic E-state index is 14.1. The van der Waals surface area contributed by atoms with Crippen molar-refractivity contribution in [2.45, 2.75) is 35.5 Å². The topological polar surface area (TPSA) is 88.0 Å². The van der Waals surface area contributed by atoms with Crippen LogP contribution in [-0.2, 0) is 17.4 Å². The molecule has 0 unspecified atom stereocenters. The third-order valence-electron chi connectivity index (χ3n) is 4.31. The van der Waals surface area contributed by atoms with Gasteiger partial charge in [0.15, 0.2) is 4.34 Å². The minimum atomic E-state index is -4.62. The number of carboxylic acid groups (broad SMARTS) is 1. The van der Waals surface area contributed by atoms with Gasteiger partial charge < -0.3 is 10.4 Å². The van der Waals surface area contributed by atoms with Crippen LogP contribution in [0.1, 0.15) is 25.1 Å². The molecule has 0 amide bonds. The second-order valence-corrected chi connectivity index (χ2v) is 9.91. The number of aliphatic carboxylic acids is 1. The molecule has 170 valence electrons. The van der Waals surface area contributed by atoms with Crippen molar-refractivity contribution in [3.05, 3.63) is 53.0 Å². The number of rotatable bonds is 8. The number of carbonyl (C=O) groups is 1. The Morgan fingerprint density at radius 2 is 1.91 bits per heavy atom. The van der Waals surface area contributed by atoms with E-state index in [0.29, 0.717) is 23.4 Å². The molecule has 0 saturated heterocycles. The number of nitrogens with zero attached hydrogens (tertiary/aromatic N) is 3. The number of aromatic nitrogens is 3. The van der Waals surface area contributed by atoms with Crippen molar-refractivity contribution in [2.24, 2.45) is 0 Å². The molecule has 0 bridgehead atoms. The summed E-state index contributed by atoms with van der Waals surface area (Å²) in [4.78, 5) is 23.8. The highest BCUT2D eigenvalue weighted by molar-refractivity contribution is 8.02. The second kappa shape index (κ2) is 9.41. The number of carboxylic acids is 1. The summed E-state index contributed by atoms with van der Waals surface area (Å²) in [5.41, 5.74) is -0.0481. The summed E-state index contributed by atoms with van der Waals surface area (Å²) < 4.78 is 51.8. The number of halogens is 4. The van der Waals surface area contributed by atoms with E-state index in [1.807, 2.05) is 5.38 Å². The van der Waals surface area contributed by atoms with Gasteiger partial charge in [0, 0.05) is 41.9 Å². The van der Waals surface area contributed by atoms with Crippen molar-refractivity contribution < 1.29 is 27.5 Å². The zero-order valence-electron chi connectivity index (χ0n) is 16.9. The molecular formula is C20H18F4N4O2S2. The quantitative estimate of drug-likeness (QED) is 0.327. The third kappa shape index (κ3) is 5.94. The molecule has 1 aromatic carbocycles. The number of alkyl halides is 3. The highest BCUT2D eigenvalue weighted by Crippen LogP contribution is 2.35. The van der Waals surface area contributed by atoms with Crippen LogP contribution >= 0.6 is 23.1 Å². The van der Waals surface area contributed by atoms with Crippen LogP contribution in [0.15, 0.2) is 40.3 Å². The Morgan fingerprint density at radius 1 is 1.22 bits per heavy atom. The van der Waals surface area contributed by atoms with Crippen molar-refractivity contribution >= 4 is 35.0 Å². The van der Waals surface area contributed by atoms with Crippen molar-refractivity contribution in [1.29, 1.82) is 0 Å². The van der Waals surface area contributed by atoms with Gasteiger partial charge in [0.2, 0.25) is 5.95 Å². The van der Waals surface area contributed by atoms with E-state index in [4.69, 9.17) is 0 Å². The van der Waals surface area contributed by atoms with Gasteiger partial charge in [0.1, 0.15) is 10.6 Å². The molecule has 0 radical (unpaired) electrons. The Balaban J connectivity index is 1.57. The molecule has 0 aliphatic carbocycles. The molecular weight excluding hydrogens is 468 g/mol. The van der Waals surface area contributed by atoms with E-state index in [2.05, 4.69) is 20.3 Å². The summed E-state index contributed by atoms with van der Waals surface area (Å²) in [6.07, 6.45) is -1.42. The predicted octanol–water partition coefficient (Wildman–Crippen LogP) is 5.37. The minimum Gasteiger partial charge on any atom is -0.480 e. The van der Waals surface area contributed by atoms with Gasteiger partial charge in [-0.15, -0.1) is 11.3 Å². The summed E-state index contributed by atoms with van der Waals surface area (Å²) in [5, 5.41) is 14.0. The van der Waals surface area contributed by atoms with Crippen molar-refractivity contribution in [3.63, 3.8) is 0 Å². The molecule has 2 N–H and O–H groups in total. The molecule has 0 aliphatic rings. The van der Waals surface area contributed by atoms with Gasteiger partial charge in [-0.3, -0.25) is 4.79 Å². The average molecular weight is 487 g/mol. The zero-order valence-corrected chi connectivity index (χ0v) is 18.5. The number of hydrogen-bond acceptors (Lipinski definition) is 7. The predicted molar refractivity (Wildman–Crippen MR) is 114 cm³/mol. The highest BCUT2D eigenvalue weighted by Gasteiger charge is 2.31. The van der Waals surface area contributed by atoms with Gasteiger partial charge in [-0.25, -0.2) is 19.3 Å². The lowest BCUT2D eigenvalue weighted by molar-refractivity contribution is -0.139. The van der Waals surface area contributed by atoms with Gasteiger partial charge >= 0.3 is 12.1 Å². The number of hydrogen-bond donors (Lipinski definition) is 2. The van der Waals surface area contributed by atoms with Crippen molar-refractivity contribution in [1.82, 2.24) is 15.0 Å². The lowest BCUT2D eigenvalue weighted by atomic mass is 10.1. The van der Waals surface area contributed by atoms with E-state index < -0.39 is 28.3 Å². The molecule has 2 heterocycles. The highest BCUT2D eigenvalue weighted by atomic mass is 32.2. The summed E-state index contributed by atoms with van der Waals surface area (Å²) >= 11 is 2.54. The van der Waals surface area contributed by atoms with Crippen LogP contribution in [0, 0.1) is 5.82 Å². The van der Waals surface area contributed by atoms with Crippen LogP contribution in [0.2, 0.25) is 0 Å². The molecule has 32 heavy (non-hydrogen) atoms. The number of nitrogens with one attached hydrogen (secondary N) is 1. The second-order valence-electron chi connectivity index (χ2n) is 7.19. The lowest BCUT2D eigenvalue weighted by Gasteiger charge is -2.15. The maximum Gasteiger partial charge on any atom is 0.416 e. The molecule has 2 aromatic heterocycles. The summed E-state index contributed by atoms with van der Waals surface area (Å²) in [5.74, 6) is -1.65. The number of thioether (sulfide) groups is 1. The monoisotopic (exact) mass is 486 g/mol. The first-order valence-electron chi connectivity index (χ1n) is 9.25. The van der Waals surface area contributed by atoms with Crippen molar-refractivity contribution in [3.8, 4) is 11.1 Å². The minimum absolute atomic E-state index is 0.0265. The molecule has 0 fully saturated rings. The maximum absolute atomic E-state index is 14.1. The molecule has 0 atom stereocenters. The standard InChI is InChI=1S/C20H18F4N4O2S2/c1-19(2,16(29)30)32-18-28-13(10-31-18)5-6-25-17-26-8-11(9-27-17)14-4-3-12(7-15(14)21)20(22,23)24/h3-4,7-10H,5-6H2,1-2H3,(H,29,30)(H,25,26,27). The summed E-state index contributed by atoms with van der Waals surface area (Å²) in [6.45, 7) is 3.67. The Hall–Kier alpha value is -2.73. The van der Waals surface area contributed by atoms with E-state index in [1.165, 1.54) is 35.5 Å². The fourth-order valence-electron chi connectivity index (χ4n) is 2.50. The Labute approximate surface area is 189 Å². The van der Waals surface area contributed by atoms with E-state index in [1.54, 1.807) is 13.8 Å². The molecule has 3 aromatic rings. The first kappa shape index (κ1) is 23.9. The van der Waals surface area contributed by atoms with E-state index in [-0.39, 0.29) is 17.1 Å². The summed E-state index contributed by atoms with van der Waals surface area (Å²) in [7, 11) is 0. The van der Waals surface area contributed by atoms with Crippen LogP contribution in [-0.4, -0.2) is 37.3 Å². The van der Waals surface area contributed by atoms with Crippen LogP contribution in [0.5, 0.6) is 0 Å². The molecule has 12 heteroatoms. The largest absolute Gasteiger partial charge is 0.480 e. The first-order chi connectivity index (χ1) is 15.0. The van der Waals surface area contributed by atoms with E-state index >= 15 is 0 Å².